The van der Waals surface area contributed by atoms with Gasteiger partial charge in [0.15, 0.2) is 0 Å². The maximum atomic E-state index is 3.85. The SMILES string of the molecule is [CH2]CN(C(C)C)C(C)C.[LiH]. The molecule has 0 aliphatic rings. The molecule has 0 aromatic heterocycles. The van der Waals surface area contributed by atoms with Gasteiger partial charge in [-0.25, -0.2) is 0 Å². The second-order valence-electron chi connectivity index (χ2n) is 2.93. The standard InChI is InChI=1S/C8H18N.Li.H/c1-6-9(7(2)3)8(4)5;;/h7-8H,1,6H2,2-5H3;;. The zero-order valence-corrected chi connectivity index (χ0v) is 7.02. The van der Waals surface area contributed by atoms with Gasteiger partial charge in [0.05, 0.1) is 0 Å². The third-order valence-corrected chi connectivity index (χ3v) is 1.58. The van der Waals surface area contributed by atoms with Crippen LogP contribution in [0.5, 0.6) is 0 Å². The summed E-state index contributed by atoms with van der Waals surface area (Å²) in [4.78, 5) is 2.35. The summed E-state index contributed by atoms with van der Waals surface area (Å²) < 4.78 is 0. The molecule has 0 N–H and O–H groups in total. The molecule has 0 atom stereocenters. The van der Waals surface area contributed by atoms with E-state index in [4.69, 9.17) is 0 Å². The predicted molar refractivity (Wildman–Crippen MR) is 49.5 cm³/mol. The van der Waals surface area contributed by atoms with Crippen molar-refractivity contribution >= 4 is 18.9 Å². The summed E-state index contributed by atoms with van der Waals surface area (Å²) in [6, 6.07) is 1.25. The molecule has 0 heterocycles. The van der Waals surface area contributed by atoms with Crippen molar-refractivity contribution in [2.75, 3.05) is 6.54 Å². The molecule has 10 heavy (non-hydrogen) atoms. The van der Waals surface area contributed by atoms with E-state index in [1.807, 2.05) is 0 Å². The third kappa shape index (κ3) is 4.39. The second kappa shape index (κ2) is 6.28. The summed E-state index contributed by atoms with van der Waals surface area (Å²) in [6.45, 7) is 13.6. The van der Waals surface area contributed by atoms with E-state index in [1.54, 1.807) is 0 Å². The first kappa shape index (κ1) is 13.2. The molecule has 0 aliphatic heterocycles. The summed E-state index contributed by atoms with van der Waals surface area (Å²) in [5.41, 5.74) is 0. The van der Waals surface area contributed by atoms with Gasteiger partial charge in [-0.05, 0) is 41.2 Å². The first-order chi connectivity index (χ1) is 4.09. The Hall–Kier alpha value is 0.557. The molecule has 0 amide bonds. The molecule has 0 aliphatic carbocycles. The van der Waals surface area contributed by atoms with Gasteiger partial charge in [-0.15, -0.1) is 0 Å². The van der Waals surface area contributed by atoms with Gasteiger partial charge < -0.3 is 0 Å². The van der Waals surface area contributed by atoms with Crippen LogP contribution >= 0.6 is 0 Å². The van der Waals surface area contributed by atoms with Crippen molar-refractivity contribution in [2.45, 2.75) is 39.8 Å². The topological polar surface area (TPSA) is 3.24 Å². The van der Waals surface area contributed by atoms with E-state index in [0.29, 0.717) is 12.1 Å². The molecular formula is C8H19LiN. The van der Waals surface area contributed by atoms with Gasteiger partial charge in [-0.3, -0.25) is 4.90 Å². The summed E-state index contributed by atoms with van der Waals surface area (Å²) in [5, 5.41) is 0. The summed E-state index contributed by atoms with van der Waals surface area (Å²) in [5.74, 6) is 0. The third-order valence-electron chi connectivity index (χ3n) is 1.58. The molecule has 0 spiro atoms. The molecule has 0 saturated carbocycles. The molecule has 0 bridgehead atoms. The van der Waals surface area contributed by atoms with Crippen LogP contribution in [0.4, 0.5) is 0 Å². The van der Waals surface area contributed by atoms with E-state index in [9.17, 15) is 0 Å². The molecule has 1 nitrogen and oxygen atoms in total. The Bertz CT molecular complexity index is 63.7. The monoisotopic (exact) mass is 136 g/mol. The van der Waals surface area contributed by atoms with Crippen molar-refractivity contribution in [1.29, 1.82) is 0 Å². The van der Waals surface area contributed by atoms with Crippen molar-refractivity contribution < 1.29 is 0 Å². The summed E-state index contributed by atoms with van der Waals surface area (Å²) in [6.07, 6.45) is 0. The molecule has 0 aromatic carbocycles. The van der Waals surface area contributed by atoms with Crippen LogP contribution in [-0.2, 0) is 0 Å². The minimum absolute atomic E-state index is 0. The number of hydrogen-bond acceptors (Lipinski definition) is 1. The average Bonchev–Trinajstić information content (AvgIpc) is 1.64. The molecule has 0 fully saturated rings. The summed E-state index contributed by atoms with van der Waals surface area (Å²) >= 11 is 0. The first-order valence-corrected chi connectivity index (χ1v) is 3.64. The van der Waals surface area contributed by atoms with E-state index in [2.05, 4.69) is 39.5 Å². The van der Waals surface area contributed by atoms with Crippen molar-refractivity contribution in [3.05, 3.63) is 6.92 Å². The van der Waals surface area contributed by atoms with Crippen LogP contribution in [0.2, 0.25) is 0 Å². The van der Waals surface area contributed by atoms with E-state index >= 15 is 0 Å². The Morgan fingerprint density at radius 1 is 1.10 bits per heavy atom. The molecule has 0 aromatic rings. The normalized spacial score (nSPS) is 10.8. The second-order valence-corrected chi connectivity index (χ2v) is 2.93. The average molecular weight is 136 g/mol. The van der Waals surface area contributed by atoms with Crippen molar-refractivity contribution in [1.82, 2.24) is 4.90 Å². The summed E-state index contributed by atoms with van der Waals surface area (Å²) in [7, 11) is 0. The Labute approximate surface area is 77.4 Å². The van der Waals surface area contributed by atoms with Crippen LogP contribution in [-0.4, -0.2) is 42.4 Å². The number of nitrogens with zero attached hydrogens (tertiary/aromatic N) is 1. The Kier molecular flexibility index (Phi) is 8.27. The van der Waals surface area contributed by atoms with E-state index in [1.165, 1.54) is 0 Å². The Balaban J connectivity index is 0. The molecule has 0 saturated heterocycles. The molecule has 0 unspecified atom stereocenters. The van der Waals surface area contributed by atoms with Crippen LogP contribution in [0.15, 0.2) is 0 Å². The maximum absolute atomic E-state index is 3.85. The van der Waals surface area contributed by atoms with Crippen LogP contribution in [0.3, 0.4) is 0 Å². The van der Waals surface area contributed by atoms with Gasteiger partial charge in [-0.2, -0.15) is 0 Å². The van der Waals surface area contributed by atoms with E-state index in [0.717, 1.165) is 6.54 Å². The number of hydrogen-bond donors (Lipinski definition) is 0. The molecular weight excluding hydrogens is 117 g/mol. The van der Waals surface area contributed by atoms with Gasteiger partial charge in [0.1, 0.15) is 0 Å². The van der Waals surface area contributed by atoms with Crippen LogP contribution in [0, 0.1) is 6.92 Å². The fourth-order valence-corrected chi connectivity index (χ4v) is 1.11. The first-order valence-electron chi connectivity index (χ1n) is 3.64. The molecule has 0 rings (SSSR count). The predicted octanol–water partition coefficient (Wildman–Crippen LogP) is 1.29. The number of rotatable bonds is 3. The minimum atomic E-state index is 0. The van der Waals surface area contributed by atoms with Crippen LogP contribution in [0.25, 0.3) is 0 Å². The fraction of sp³-hybridized carbons (Fsp3) is 0.875. The Morgan fingerprint density at radius 3 is 1.40 bits per heavy atom. The molecule has 57 valence electrons. The molecule has 1 radical (unpaired) electrons. The van der Waals surface area contributed by atoms with Gasteiger partial charge >= 0.3 is 18.9 Å². The van der Waals surface area contributed by atoms with Crippen molar-refractivity contribution in [3.63, 3.8) is 0 Å². The molecule has 2 heteroatoms. The zero-order valence-electron chi connectivity index (χ0n) is 7.02. The quantitative estimate of drug-likeness (QED) is 0.528. The van der Waals surface area contributed by atoms with Crippen LogP contribution < -0.4 is 0 Å². The van der Waals surface area contributed by atoms with Crippen molar-refractivity contribution in [2.24, 2.45) is 0 Å². The Morgan fingerprint density at radius 2 is 1.40 bits per heavy atom. The van der Waals surface area contributed by atoms with E-state index in [-0.39, 0.29) is 18.9 Å². The van der Waals surface area contributed by atoms with Crippen LogP contribution in [0.1, 0.15) is 27.7 Å². The van der Waals surface area contributed by atoms with Gasteiger partial charge in [0.25, 0.3) is 0 Å². The fourth-order valence-electron chi connectivity index (χ4n) is 1.11. The van der Waals surface area contributed by atoms with Crippen molar-refractivity contribution in [3.8, 4) is 0 Å². The van der Waals surface area contributed by atoms with Gasteiger partial charge in [0, 0.05) is 12.1 Å². The van der Waals surface area contributed by atoms with Gasteiger partial charge in [-0.1, -0.05) is 0 Å². The zero-order chi connectivity index (χ0) is 7.44. The van der Waals surface area contributed by atoms with Gasteiger partial charge in [0.2, 0.25) is 0 Å². The van der Waals surface area contributed by atoms with E-state index < -0.39 is 0 Å².